The summed E-state index contributed by atoms with van der Waals surface area (Å²) in [6.45, 7) is 2.92. The molecule has 0 radical (unpaired) electrons. The molecule has 1 aliphatic carbocycles. The molecule has 0 atom stereocenters. The first-order valence-corrected chi connectivity index (χ1v) is 7.23. The van der Waals surface area contributed by atoms with Crippen molar-refractivity contribution in [3.63, 3.8) is 0 Å². The van der Waals surface area contributed by atoms with Crippen LogP contribution in [0.1, 0.15) is 44.6 Å². The van der Waals surface area contributed by atoms with E-state index in [-0.39, 0.29) is 11.3 Å². The Kier molecular flexibility index (Phi) is 4.94. The lowest BCUT2D eigenvalue weighted by Crippen LogP contribution is -2.16. The summed E-state index contributed by atoms with van der Waals surface area (Å²) < 4.78 is 27.1. The number of hydrogen-bond donors (Lipinski definition) is 1. The normalized spacial score (nSPS) is 22.3. The van der Waals surface area contributed by atoms with E-state index in [1.165, 1.54) is 37.8 Å². The van der Waals surface area contributed by atoms with Crippen LogP contribution in [0.15, 0.2) is 12.1 Å². The third-order valence-corrected chi connectivity index (χ3v) is 4.21. The van der Waals surface area contributed by atoms with Gasteiger partial charge in [0.15, 0.2) is 11.6 Å². The first-order chi connectivity index (χ1) is 9.61. The van der Waals surface area contributed by atoms with Gasteiger partial charge in [-0.15, -0.1) is 0 Å². The smallest absolute Gasteiger partial charge is 0.183 e. The maximum Gasteiger partial charge on any atom is 0.183 e. The first kappa shape index (κ1) is 14.8. The minimum atomic E-state index is -1.07. The highest BCUT2D eigenvalue weighted by Gasteiger charge is 2.18. The highest BCUT2D eigenvalue weighted by molar-refractivity contribution is 5.49. The van der Waals surface area contributed by atoms with Crippen LogP contribution in [0, 0.1) is 34.8 Å². The van der Waals surface area contributed by atoms with Gasteiger partial charge in [-0.1, -0.05) is 32.6 Å². The van der Waals surface area contributed by atoms with Gasteiger partial charge in [-0.05, 0) is 30.4 Å². The SMILES string of the molecule is CC1CCC(CCNc2ccc(C#N)c(F)c2F)CC1. The Morgan fingerprint density at radius 2 is 1.90 bits per heavy atom. The van der Waals surface area contributed by atoms with E-state index in [0.717, 1.165) is 12.3 Å². The molecule has 1 fully saturated rings. The van der Waals surface area contributed by atoms with Crippen LogP contribution in [0.5, 0.6) is 0 Å². The average Bonchev–Trinajstić information content (AvgIpc) is 2.46. The highest BCUT2D eigenvalue weighted by Crippen LogP contribution is 2.30. The van der Waals surface area contributed by atoms with Gasteiger partial charge in [0, 0.05) is 6.54 Å². The van der Waals surface area contributed by atoms with E-state index in [4.69, 9.17) is 5.26 Å². The van der Waals surface area contributed by atoms with Crippen molar-refractivity contribution in [3.05, 3.63) is 29.3 Å². The quantitative estimate of drug-likeness (QED) is 0.882. The molecule has 1 N–H and O–H groups in total. The molecule has 2 rings (SSSR count). The zero-order chi connectivity index (χ0) is 14.5. The van der Waals surface area contributed by atoms with Crippen LogP contribution in [0.4, 0.5) is 14.5 Å². The minimum absolute atomic E-state index is 0.144. The molecule has 1 saturated carbocycles. The molecule has 1 aromatic carbocycles. The van der Waals surface area contributed by atoms with Crippen molar-refractivity contribution in [2.75, 3.05) is 11.9 Å². The van der Waals surface area contributed by atoms with Crippen LogP contribution in [0.25, 0.3) is 0 Å². The van der Waals surface area contributed by atoms with E-state index in [0.29, 0.717) is 12.5 Å². The van der Waals surface area contributed by atoms with Crippen molar-refractivity contribution in [1.29, 1.82) is 5.26 Å². The number of halogens is 2. The summed E-state index contributed by atoms with van der Waals surface area (Å²) in [6.07, 6.45) is 5.98. The Hall–Kier alpha value is -1.63. The molecule has 0 aromatic heterocycles. The average molecular weight is 278 g/mol. The van der Waals surface area contributed by atoms with E-state index in [9.17, 15) is 8.78 Å². The van der Waals surface area contributed by atoms with Gasteiger partial charge in [0.25, 0.3) is 0 Å². The van der Waals surface area contributed by atoms with Crippen molar-refractivity contribution in [2.45, 2.75) is 39.0 Å². The molecule has 2 nitrogen and oxygen atoms in total. The molecule has 4 heteroatoms. The van der Waals surface area contributed by atoms with E-state index >= 15 is 0 Å². The topological polar surface area (TPSA) is 35.8 Å². The largest absolute Gasteiger partial charge is 0.383 e. The van der Waals surface area contributed by atoms with Crippen molar-refractivity contribution in [3.8, 4) is 6.07 Å². The zero-order valence-corrected chi connectivity index (χ0v) is 11.8. The molecular weight excluding hydrogens is 258 g/mol. The van der Waals surface area contributed by atoms with Crippen molar-refractivity contribution in [1.82, 2.24) is 0 Å². The Labute approximate surface area is 118 Å². The molecule has 0 unspecified atom stereocenters. The number of hydrogen-bond acceptors (Lipinski definition) is 2. The molecular formula is C16H20F2N2. The van der Waals surface area contributed by atoms with Crippen LogP contribution in [-0.2, 0) is 0 Å². The fraction of sp³-hybridized carbons (Fsp3) is 0.562. The third kappa shape index (κ3) is 3.47. The second kappa shape index (κ2) is 6.69. The molecule has 0 aliphatic heterocycles. The third-order valence-electron chi connectivity index (χ3n) is 4.21. The number of rotatable bonds is 4. The fourth-order valence-corrected chi connectivity index (χ4v) is 2.80. The summed E-state index contributed by atoms with van der Waals surface area (Å²) in [4.78, 5) is 0. The Morgan fingerprint density at radius 3 is 2.55 bits per heavy atom. The molecule has 0 spiro atoms. The van der Waals surface area contributed by atoms with Gasteiger partial charge in [-0.3, -0.25) is 0 Å². The predicted molar refractivity (Wildman–Crippen MR) is 75.3 cm³/mol. The molecule has 1 aromatic rings. The van der Waals surface area contributed by atoms with Gasteiger partial charge in [-0.25, -0.2) is 8.78 Å². The van der Waals surface area contributed by atoms with Gasteiger partial charge in [0.2, 0.25) is 0 Å². The second-order valence-electron chi connectivity index (χ2n) is 5.74. The van der Waals surface area contributed by atoms with Crippen LogP contribution < -0.4 is 5.32 Å². The Balaban J connectivity index is 1.86. The molecule has 0 amide bonds. The zero-order valence-electron chi connectivity index (χ0n) is 11.8. The predicted octanol–water partition coefficient (Wildman–Crippen LogP) is 4.46. The Bertz CT molecular complexity index is 500. The second-order valence-corrected chi connectivity index (χ2v) is 5.74. The first-order valence-electron chi connectivity index (χ1n) is 7.23. The summed E-state index contributed by atoms with van der Waals surface area (Å²) in [7, 11) is 0. The van der Waals surface area contributed by atoms with Gasteiger partial charge in [0.05, 0.1) is 11.3 Å². The molecule has 0 bridgehead atoms. The summed E-state index contributed by atoms with van der Waals surface area (Å²) in [5.74, 6) is -0.514. The van der Waals surface area contributed by atoms with E-state index in [1.54, 1.807) is 6.07 Å². The van der Waals surface area contributed by atoms with Crippen molar-refractivity contribution >= 4 is 5.69 Å². The molecule has 1 aliphatic rings. The molecule has 0 heterocycles. The van der Waals surface area contributed by atoms with E-state index in [1.807, 2.05) is 0 Å². The number of anilines is 1. The number of benzene rings is 1. The van der Waals surface area contributed by atoms with Crippen LogP contribution in [0.3, 0.4) is 0 Å². The number of nitriles is 1. The highest BCUT2D eigenvalue weighted by atomic mass is 19.2. The van der Waals surface area contributed by atoms with Gasteiger partial charge < -0.3 is 5.32 Å². The van der Waals surface area contributed by atoms with Crippen molar-refractivity contribution in [2.24, 2.45) is 11.8 Å². The van der Waals surface area contributed by atoms with Gasteiger partial charge in [-0.2, -0.15) is 5.26 Å². The summed E-state index contributed by atoms with van der Waals surface area (Å²) in [6, 6.07) is 4.37. The van der Waals surface area contributed by atoms with Gasteiger partial charge >= 0.3 is 0 Å². The van der Waals surface area contributed by atoms with Crippen LogP contribution >= 0.6 is 0 Å². The molecule has 108 valence electrons. The summed E-state index contributed by atoms with van der Waals surface area (Å²) in [5, 5.41) is 11.6. The van der Waals surface area contributed by atoms with E-state index in [2.05, 4.69) is 12.2 Å². The summed E-state index contributed by atoms with van der Waals surface area (Å²) >= 11 is 0. The van der Waals surface area contributed by atoms with Crippen LogP contribution in [0.2, 0.25) is 0 Å². The maximum atomic E-state index is 13.7. The standard InChI is InChI=1S/C16H20F2N2/c1-11-2-4-12(5-3-11)8-9-20-14-7-6-13(10-19)15(17)16(14)18/h6-7,11-12,20H,2-5,8-9H2,1H3. The number of nitrogens with one attached hydrogen (secondary N) is 1. The number of nitrogens with zero attached hydrogens (tertiary/aromatic N) is 1. The summed E-state index contributed by atoms with van der Waals surface area (Å²) in [5.41, 5.74) is -0.111. The monoisotopic (exact) mass is 278 g/mol. The van der Waals surface area contributed by atoms with E-state index < -0.39 is 11.6 Å². The molecule has 0 saturated heterocycles. The molecule has 20 heavy (non-hydrogen) atoms. The lowest BCUT2D eigenvalue weighted by Gasteiger charge is -2.26. The Morgan fingerprint density at radius 1 is 1.20 bits per heavy atom. The fourth-order valence-electron chi connectivity index (χ4n) is 2.80. The van der Waals surface area contributed by atoms with Crippen molar-refractivity contribution < 1.29 is 8.78 Å². The lowest BCUT2D eigenvalue weighted by molar-refractivity contribution is 0.282. The van der Waals surface area contributed by atoms with Crippen LogP contribution in [-0.4, -0.2) is 6.54 Å². The minimum Gasteiger partial charge on any atom is -0.383 e. The van der Waals surface area contributed by atoms with Gasteiger partial charge in [0.1, 0.15) is 6.07 Å². The maximum absolute atomic E-state index is 13.7. The lowest BCUT2D eigenvalue weighted by atomic mass is 9.81.